The molecular formula is C23H26FN5O4. The number of rotatable bonds is 6. The van der Waals surface area contributed by atoms with Gasteiger partial charge in [-0.3, -0.25) is 19.0 Å². The molecule has 33 heavy (non-hydrogen) atoms. The van der Waals surface area contributed by atoms with Crippen LogP contribution in [-0.2, 0) is 20.9 Å². The van der Waals surface area contributed by atoms with Gasteiger partial charge in [0.1, 0.15) is 17.0 Å². The lowest BCUT2D eigenvalue weighted by molar-refractivity contribution is -0.151. The third-order valence-electron chi connectivity index (χ3n) is 5.97. The maximum absolute atomic E-state index is 13.2. The van der Waals surface area contributed by atoms with Crippen molar-refractivity contribution in [2.75, 3.05) is 19.7 Å². The highest BCUT2D eigenvalue weighted by Crippen LogP contribution is 2.20. The van der Waals surface area contributed by atoms with Crippen LogP contribution in [0.15, 0.2) is 35.3 Å². The molecule has 0 atom stereocenters. The van der Waals surface area contributed by atoms with Gasteiger partial charge in [0.25, 0.3) is 5.56 Å². The van der Waals surface area contributed by atoms with Gasteiger partial charge in [0, 0.05) is 26.1 Å². The molecule has 0 bridgehead atoms. The lowest BCUT2D eigenvalue weighted by Crippen LogP contribution is -2.41. The number of piperidine rings is 1. The number of ether oxygens (including phenoxy) is 1. The zero-order chi connectivity index (χ0) is 23.5. The molecule has 1 amide bonds. The third-order valence-corrected chi connectivity index (χ3v) is 5.97. The molecule has 0 saturated carbocycles. The fourth-order valence-electron chi connectivity index (χ4n) is 4.13. The highest BCUT2D eigenvalue weighted by Gasteiger charge is 2.28. The van der Waals surface area contributed by atoms with E-state index in [1.165, 1.54) is 27.6 Å². The molecule has 0 aliphatic carbocycles. The average molecular weight is 455 g/mol. The number of likely N-dealkylation sites (tertiary alicyclic amines) is 1. The summed E-state index contributed by atoms with van der Waals surface area (Å²) >= 11 is 0. The molecule has 2 aromatic heterocycles. The topological polar surface area (TPSA) is 99.3 Å². The summed E-state index contributed by atoms with van der Waals surface area (Å²) in [7, 11) is 0. The molecule has 1 aliphatic rings. The van der Waals surface area contributed by atoms with Crippen LogP contribution in [0.2, 0.25) is 0 Å². The maximum Gasteiger partial charge on any atom is 0.309 e. The van der Waals surface area contributed by atoms with Gasteiger partial charge >= 0.3 is 5.97 Å². The molecule has 1 fully saturated rings. The Labute approximate surface area is 189 Å². The number of nitrogens with zero attached hydrogens (tertiary/aromatic N) is 5. The fraction of sp³-hybridized carbons (Fsp3) is 0.435. The monoisotopic (exact) mass is 455 g/mol. The van der Waals surface area contributed by atoms with Crippen LogP contribution in [0.4, 0.5) is 4.39 Å². The molecule has 0 radical (unpaired) electrons. The first-order valence-corrected chi connectivity index (χ1v) is 11.0. The molecule has 1 aliphatic heterocycles. The van der Waals surface area contributed by atoms with E-state index < -0.39 is 0 Å². The smallest absolute Gasteiger partial charge is 0.309 e. The van der Waals surface area contributed by atoms with E-state index >= 15 is 0 Å². The van der Waals surface area contributed by atoms with Gasteiger partial charge in [0.05, 0.1) is 24.4 Å². The summed E-state index contributed by atoms with van der Waals surface area (Å²) in [5.41, 5.74) is 0.698. The van der Waals surface area contributed by atoms with Crippen molar-refractivity contribution in [3.63, 3.8) is 0 Å². The number of hydrogen-bond donors (Lipinski definition) is 0. The van der Waals surface area contributed by atoms with Crippen LogP contribution in [0.5, 0.6) is 0 Å². The van der Waals surface area contributed by atoms with E-state index in [-0.39, 0.29) is 42.1 Å². The largest absolute Gasteiger partial charge is 0.466 e. The molecule has 0 unspecified atom stereocenters. The Morgan fingerprint density at radius 1 is 1.18 bits per heavy atom. The van der Waals surface area contributed by atoms with Crippen LogP contribution in [0.1, 0.15) is 32.0 Å². The molecule has 0 spiro atoms. The highest BCUT2D eigenvalue weighted by atomic mass is 19.1. The van der Waals surface area contributed by atoms with Gasteiger partial charge in [0.15, 0.2) is 5.65 Å². The van der Waals surface area contributed by atoms with Crippen molar-refractivity contribution < 1.29 is 18.7 Å². The zero-order valence-corrected chi connectivity index (χ0v) is 18.7. The Hall–Kier alpha value is -3.56. The third kappa shape index (κ3) is 4.64. The standard InChI is InChI=1S/C23H26FN5O4/c1-3-33-23(32)16-8-11-27(12-9-16)20(30)10-13-28-15(2)26-21-19(22(28)31)14-25-29(21)18-6-4-17(24)5-7-18/h4-7,14,16H,3,8-13H2,1-2H3. The molecule has 1 aromatic carbocycles. The Balaban J connectivity index is 1.45. The second kappa shape index (κ2) is 9.51. The number of aryl methyl sites for hydroxylation is 1. The minimum absolute atomic E-state index is 0.0642. The SMILES string of the molecule is CCOC(=O)C1CCN(C(=O)CCn2c(C)nc3c(cnn3-c3ccc(F)cc3)c2=O)CC1. The van der Waals surface area contributed by atoms with Crippen molar-refractivity contribution in [2.45, 2.75) is 39.7 Å². The number of fused-ring (bicyclic) bond motifs is 1. The molecule has 174 valence electrons. The first-order chi connectivity index (χ1) is 15.9. The Bertz CT molecular complexity index is 1230. The van der Waals surface area contributed by atoms with E-state index in [9.17, 15) is 18.8 Å². The molecule has 0 N–H and O–H groups in total. The van der Waals surface area contributed by atoms with Crippen LogP contribution in [-0.4, -0.2) is 55.8 Å². The van der Waals surface area contributed by atoms with E-state index in [4.69, 9.17) is 4.74 Å². The van der Waals surface area contributed by atoms with Crippen LogP contribution in [0, 0.1) is 18.7 Å². The van der Waals surface area contributed by atoms with E-state index in [0.29, 0.717) is 55.1 Å². The van der Waals surface area contributed by atoms with E-state index in [0.717, 1.165) is 0 Å². The van der Waals surface area contributed by atoms with Crippen LogP contribution in [0.3, 0.4) is 0 Å². The van der Waals surface area contributed by atoms with Gasteiger partial charge in [-0.1, -0.05) is 0 Å². The van der Waals surface area contributed by atoms with Crippen LogP contribution >= 0.6 is 0 Å². The maximum atomic E-state index is 13.2. The lowest BCUT2D eigenvalue weighted by Gasteiger charge is -2.31. The quantitative estimate of drug-likeness (QED) is 0.529. The zero-order valence-electron chi connectivity index (χ0n) is 18.7. The first-order valence-electron chi connectivity index (χ1n) is 11.0. The minimum Gasteiger partial charge on any atom is -0.466 e. The minimum atomic E-state index is -0.364. The second-order valence-electron chi connectivity index (χ2n) is 8.04. The summed E-state index contributed by atoms with van der Waals surface area (Å²) in [5.74, 6) is -0.331. The number of aromatic nitrogens is 4. The van der Waals surface area contributed by atoms with Crippen molar-refractivity contribution >= 4 is 22.9 Å². The van der Waals surface area contributed by atoms with Gasteiger partial charge < -0.3 is 9.64 Å². The van der Waals surface area contributed by atoms with Gasteiger partial charge in [-0.15, -0.1) is 0 Å². The number of halogens is 1. The van der Waals surface area contributed by atoms with Crippen molar-refractivity contribution in [3.05, 3.63) is 52.5 Å². The summed E-state index contributed by atoms with van der Waals surface area (Å²) in [6, 6.07) is 5.76. The van der Waals surface area contributed by atoms with Gasteiger partial charge in [0.2, 0.25) is 5.91 Å². The first kappa shape index (κ1) is 22.6. The number of carbonyl (C=O) groups is 2. The van der Waals surface area contributed by atoms with Gasteiger partial charge in [-0.2, -0.15) is 5.10 Å². The number of benzene rings is 1. The molecule has 4 rings (SSSR count). The fourth-order valence-corrected chi connectivity index (χ4v) is 4.13. The summed E-state index contributed by atoms with van der Waals surface area (Å²) in [4.78, 5) is 43.9. The molecule has 1 saturated heterocycles. The molecular weight excluding hydrogens is 429 g/mol. The molecule has 3 aromatic rings. The predicted octanol–water partition coefficient (Wildman–Crippen LogP) is 2.22. The summed E-state index contributed by atoms with van der Waals surface area (Å²) in [6.45, 7) is 5.04. The highest BCUT2D eigenvalue weighted by molar-refractivity contribution is 5.78. The number of carbonyl (C=O) groups excluding carboxylic acids is 2. The van der Waals surface area contributed by atoms with E-state index in [1.54, 1.807) is 30.9 Å². The molecule has 10 heteroatoms. The van der Waals surface area contributed by atoms with Crippen molar-refractivity contribution in [3.8, 4) is 5.69 Å². The Morgan fingerprint density at radius 3 is 2.55 bits per heavy atom. The van der Waals surface area contributed by atoms with Crippen LogP contribution in [0.25, 0.3) is 16.7 Å². The van der Waals surface area contributed by atoms with Crippen molar-refractivity contribution in [2.24, 2.45) is 5.92 Å². The number of amides is 1. The normalized spacial score (nSPS) is 14.6. The lowest BCUT2D eigenvalue weighted by atomic mass is 9.97. The second-order valence-corrected chi connectivity index (χ2v) is 8.04. The average Bonchev–Trinajstić information content (AvgIpc) is 3.23. The van der Waals surface area contributed by atoms with E-state index in [2.05, 4.69) is 10.1 Å². The molecule has 3 heterocycles. The van der Waals surface area contributed by atoms with Crippen LogP contribution < -0.4 is 5.56 Å². The van der Waals surface area contributed by atoms with Gasteiger partial charge in [-0.05, 0) is 51.0 Å². The van der Waals surface area contributed by atoms with Crippen molar-refractivity contribution in [1.82, 2.24) is 24.2 Å². The van der Waals surface area contributed by atoms with Crippen molar-refractivity contribution in [1.29, 1.82) is 0 Å². The Morgan fingerprint density at radius 2 is 1.88 bits per heavy atom. The summed E-state index contributed by atoms with van der Waals surface area (Å²) < 4.78 is 21.3. The summed E-state index contributed by atoms with van der Waals surface area (Å²) in [6.07, 6.45) is 2.76. The van der Waals surface area contributed by atoms with E-state index in [1.807, 2.05) is 0 Å². The number of esters is 1. The molecule has 9 nitrogen and oxygen atoms in total. The number of hydrogen-bond acceptors (Lipinski definition) is 6. The predicted molar refractivity (Wildman–Crippen MR) is 118 cm³/mol. The Kier molecular flexibility index (Phi) is 6.52. The summed E-state index contributed by atoms with van der Waals surface area (Å²) in [5, 5.41) is 4.57. The van der Waals surface area contributed by atoms with Gasteiger partial charge in [-0.25, -0.2) is 14.1 Å².